The monoisotopic (exact) mass is 313 g/mol. The standard InChI is InChI=1S/C18H23N3O2/c1-21(16-10-6-3-7-11-16)13-12-19-18(23)20-17(14-22)15-8-4-2-5-9-15/h2-11,17,22H,12-14H2,1H3,(H2,19,20,23). The Bertz CT molecular complexity index is 590. The zero-order chi connectivity index (χ0) is 16.5. The largest absolute Gasteiger partial charge is 0.394 e. The molecule has 5 nitrogen and oxygen atoms in total. The van der Waals surface area contributed by atoms with E-state index in [9.17, 15) is 9.90 Å². The lowest BCUT2D eigenvalue weighted by molar-refractivity contribution is 0.217. The normalized spacial score (nSPS) is 11.6. The quantitative estimate of drug-likeness (QED) is 0.734. The summed E-state index contributed by atoms with van der Waals surface area (Å²) in [5, 5.41) is 15.0. The molecule has 0 saturated carbocycles. The molecule has 0 aliphatic heterocycles. The molecular weight excluding hydrogens is 290 g/mol. The van der Waals surface area contributed by atoms with Crippen LogP contribution in [0.1, 0.15) is 11.6 Å². The van der Waals surface area contributed by atoms with Crippen LogP contribution in [-0.2, 0) is 0 Å². The van der Waals surface area contributed by atoms with Gasteiger partial charge < -0.3 is 20.6 Å². The Morgan fingerprint density at radius 3 is 2.30 bits per heavy atom. The average Bonchev–Trinajstić information content (AvgIpc) is 2.61. The fourth-order valence-corrected chi connectivity index (χ4v) is 2.28. The number of hydrogen-bond acceptors (Lipinski definition) is 3. The number of nitrogens with one attached hydrogen (secondary N) is 2. The molecule has 23 heavy (non-hydrogen) atoms. The number of likely N-dealkylation sites (N-methyl/N-ethyl adjacent to an activating group) is 1. The average molecular weight is 313 g/mol. The molecule has 2 aromatic rings. The number of benzene rings is 2. The predicted octanol–water partition coefficient (Wildman–Crippen LogP) is 2.16. The van der Waals surface area contributed by atoms with Crippen molar-refractivity contribution >= 4 is 11.7 Å². The Kier molecular flexibility index (Phi) is 6.44. The smallest absolute Gasteiger partial charge is 0.315 e. The molecule has 0 heterocycles. The van der Waals surface area contributed by atoms with Crippen LogP contribution >= 0.6 is 0 Å². The summed E-state index contributed by atoms with van der Waals surface area (Å²) in [6.45, 7) is 1.08. The van der Waals surface area contributed by atoms with Crippen molar-refractivity contribution in [3.05, 3.63) is 66.2 Å². The Morgan fingerprint density at radius 1 is 1.09 bits per heavy atom. The second-order valence-electron chi connectivity index (χ2n) is 5.30. The molecule has 122 valence electrons. The zero-order valence-corrected chi connectivity index (χ0v) is 13.3. The van der Waals surface area contributed by atoms with Gasteiger partial charge in [-0.05, 0) is 17.7 Å². The second kappa shape index (κ2) is 8.80. The lowest BCUT2D eigenvalue weighted by atomic mass is 10.1. The molecule has 0 bridgehead atoms. The number of carbonyl (C=O) groups excluding carboxylic acids is 1. The van der Waals surface area contributed by atoms with Crippen molar-refractivity contribution in [3.63, 3.8) is 0 Å². The van der Waals surface area contributed by atoms with Crippen LogP contribution in [0.4, 0.5) is 10.5 Å². The van der Waals surface area contributed by atoms with E-state index in [1.807, 2.05) is 67.7 Å². The first-order chi connectivity index (χ1) is 11.2. The van der Waals surface area contributed by atoms with E-state index in [0.29, 0.717) is 13.1 Å². The van der Waals surface area contributed by atoms with Gasteiger partial charge in [-0.15, -0.1) is 0 Å². The van der Waals surface area contributed by atoms with E-state index in [1.165, 1.54) is 0 Å². The summed E-state index contributed by atoms with van der Waals surface area (Å²) in [5.41, 5.74) is 1.98. The number of urea groups is 1. The van der Waals surface area contributed by atoms with Gasteiger partial charge in [-0.1, -0.05) is 48.5 Å². The van der Waals surface area contributed by atoms with Crippen LogP contribution in [0.15, 0.2) is 60.7 Å². The van der Waals surface area contributed by atoms with Crippen LogP contribution in [0.25, 0.3) is 0 Å². The molecule has 1 atom stereocenters. The molecule has 5 heteroatoms. The van der Waals surface area contributed by atoms with Crippen LogP contribution < -0.4 is 15.5 Å². The van der Waals surface area contributed by atoms with Gasteiger partial charge in [-0.2, -0.15) is 0 Å². The van der Waals surface area contributed by atoms with Crippen LogP contribution in [0, 0.1) is 0 Å². The molecule has 0 spiro atoms. The van der Waals surface area contributed by atoms with Crippen molar-refractivity contribution in [2.45, 2.75) is 6.04 Å². The number of anilines is 1. The second-order valence-corrected chi connectivity index (χ2v) is 5.30. The number of nitrogens with zero attached hydrogens (tertiary/aromatic N) is 1. The maximum Gasteiger partial charge on any atom is 0.315 e. The highest BCUT2D eigenvalue weighted by molar-refractivity contribution is 5.74. The van der Waals surface area contributed by atoms with Crippen molar-refractivity contribution in [1.29, 1.82) is 0 Å². The maximum absolute atomic E-state index is 12.0. The van der Waals surface area contributed by atoms with E-state index < -0.39 is 6.04 Å². The molecule has 0 aromatic heterocycles. The minimum atomic E-state index is -0.400. The predicted molar refractivity (Wildman–Crippen MR) is 92.5 cm³/mol. The van der Waals surface area contributed by atoms with Crippen molar-refractivity contribution in [1.82, 2.24) is 10.6 Å². The molecule has 2 rings (SSSR count). The van der Waals surface area contributed by atoms with E-state index >= 15 is 0 Å². The Balaban J connectivity index is 1.76. The minimum absolute atomic E-state index is 0.138. The molecule has 3 N–H and O–H groups in total. The van der Waals surface area contributed by atoms with Gasteiger partial charge in [-0.3, -0.25) is 0 Å². The summed E-state index contributed by atoms with van der Waals surface area (Å²) in [6, 6.07) is 18.7. The number of amides is 2. The maximum atomic E-state index is 12.0. The molecule has 0 fully saturated rings. The van der Waals surface area contributed by atoms with Crippen molar-refractivity contribution in [2.24, 2.45) is 0 Å². The van der Waals surface area contributed by atoms with Gasteiger partial charge in [0.25, 0.3) is 0 Å². The molecule has 0 saturated heterocycles. The van der Waals surface area contributed by atoms with Crippen LogP contribution in [0.2, 0.25) is 0 Å². The third kappa shape index (κ3) is 5.30. The number of rotatable bonds is 7. The number of aliphatic hydroxyl groups excluding tert-OH is 1. The van der Waals surface area contributed by atoms with Gasteiger partial charge in [0.15, 0.2) is 0 Å². The van der Waals surface area contributed by atoms with Gasteiger partial charge in [0.2, 0.25) is 0 Å². The lowest BCUT2D eigenvalue weighted by Gasteiger charge is -2.21. The summed E-state index contributed by atoms with van der Waals surface area (Å²) >= 11 is 0. The Labute approximate surface area is 136 Å². The lowest BCUT2D eigenvalue weighted by Crippen LogP contribution is -2.42. The SMILES string of the molecule is CN(CCNC(=O)NC(CO)c1ccccc1)c1ccccc1. The van der Waals surface area contributed by atoms with Gasteiger partial charge in [-0.25, -0.2) is 4.79 Å². The molecule has 0 aliphatic rings. The van der Waals surface area contributed by atoms with E-state index in [0.717, 1.165) is 11.3 Å². The van der Waals surface area contributed by atoms with Gasteiger partial charge >= 0.3 is 6.03 Å². The van der Waals surface area contributed by atoms with Gasteiger partial charge in [0.1, 0.15) is 0 Å². The van der Waals surface area contributed by atoms with Crippen LogP contribution in [0.3, 0.4) is 0 Å². The van der Waals surface area contributed by atoms with E-state index in [1.54, 1.807) is 0 Å². The third-order valence-electron chi connectivity index (χ3n) is 3.62. The third-order valence-corrected chi connectivity index (χ3v) is 3.62. The molecule has 1 unspecified atom stereocenters. The molecule has 0 aliphatic carbocycles. The fourth-order valence-electron chi connectivity index (χ4n) is 2.28. The minimum Gasteiger partial charge on any atom is -0.394 e. The molecular formula is C18H23N3O2. The van der Waals surface area contributed by atoms with Gasteiger partial charge in [0, 0.05) is 25.8 Å². The Morgan fingerprint density at radius 2 is 1.70 bits per heavy atom. The van der Waals surface area contributed by atoms with Gasteiger partial charge in [0.05, 0.1) is 12.6 Å². The number of para-hydroxylation sites is 1. The summed E-state index contributed by atoms with van der Waals surface area (Å²) in [6.07, 6.45) is 0. The highest BCUT2D eigenvalue weighted by atomic mass is 16.3. The summed E-state index contributed by atoms with van der Waals surface area (Å²) in [4.78, 5) is 14.0. The van der Waals surface area contributed by atoms with Crippen molar-refractivity contribution in [2.75, 3.05) is 31.6 Å². The molecule has 2 aromatic carbocycles. The summed E-state index contributed by atoms with van der Waals surface area (Å²) in [7, 11) is 1.98. The van der Waals surface area contributed by atoms with E-state index in [2.05, 4.69) is 15.5 Å². The fraction of sp³-hybridized carbons (Fsp3) is 0.278. The number of aliphatic hydroxyl groups is 1. The Hall–Kier alpha value is -2.53. The highest BCUT2D eigenvalue weighted by Crippen LogP contribution is 2.11. The zero-order valence-electron chi connectivity index (χ0n) is 13.3. The number of hydrogen-bond donors (Lipinski definition) is 3. The highest BCUT2D eigenvalue weighted by Gasteiger charge is 2.12. The van der Waals surface area contributed by atoms with Crippen molar-refractivity contribution < 1.29 is 9.90 Å². The first kappa shape index (κ1) is 16.8. The van der Waals surface area contributed by atoms with Crippen LogP contribution in [0.5, 0.6) is 0 Å². The molecule has 2 amide bonds. The van der Waals surface area contributed by atoms with Crippen molar-refractivity contribution in [3.8, 4) is 0 Å². The summed E-state index contributed by atoms with van der Waals surface area (Å²) in [5.74, 6) is 0. The van der Waals surface area contributed by atoms with Crippen LogP contribution in [-0.4, -0.2) is 37.9 Å². The van der Waals surface area contributed by atoms with E-state index in [4.69, 9.17) is 0 Å². The first-order valence-electron chi connectivity index (χ1n) is 7.67. The number of carbonyl (C=O) groups is 1. The molecule has 0 radical (unpaired) electrons. The topological polar surface area (TPSA) is 64.6 Å². The first-order valence-corrected chi connectivity index (χ1v) is 7.67. The van der Waals surface area contributed by atoms with E-state index in [-0.39, 0.29) is 12.6 Å². The summed E-state index contributed by atoms with van der Waals surface area (Å²) < 4.78 is 0.